The summed E-state index contributed by atoms with van der Waals surface area (Å²) in [7, 11) is 0. The van der Waals surface area contributed by atoms with Crippen LogP contribution in [0.25, 0.3) is 0 Å². The molecule has 0 aromatic rings. The van der Waals surface area contributed by atoms with Crippen molar-refractivity contribution in [3.8, 4) is 0 Å². The van der Waals surface area contributed by atoms with Crippen molar-refractivity contribution in [2.24, 2.45) is 11.8 Å². The summed E-state index contributed by atoms with van der Waals surface area (Å²) in [5, 5.41) is 30.6. The van der Waals surface area contributed by atoms with E-state index in [4.69, 9.17) is 4.74 Å². The minimum Gasteiger partial charge on any atom is -0.550 e. The minimum atomic E-state index is -3.23. The number of hydrogen-bond acceptors (Lipinski definition) is 5. The summed E-state index contributed by atoms with van der Waals surface area (Å²) in [6, 6.07) is 0. The molecular weight excluding hydrogens is 381 g/mol. The zero-order valence-corrected chi connectivity index (χ0v) is 18.7. The summed E-state index contributed by atoms with van der Waals surface area (Å²) in [6.45, 7) is 2.06. The maximum absolute atomic E-state index is 14.8. The molecule has 0 aromatic carbocycles. The number of carboxylic acids is 1. The number of aliphatic hydroxyl groups excluding tert-OH is 2. The predicted octanol–water partition coefficient (Wildman–Crippen LogP) is -0.677. The first-order valence-electron chi connectivity index (χ1n) is 9.76. The Morgan fingerprint density at radius 1 is 1.39 bits per heavy atom. The summed E-state index contributed by atoms with van der Waals surface area (Å²) in [6.07, 6.45) is 5.56. The van der Waals surface area contributed by atoms with E-state index in [9.17, 15) is 28.9 Å². The van der Waals surface area contributed by atoms with Crippen molar-refractivity contribution in [1.29, 1.82) is 0 Å². The van der Waals surface area contributed by atoms with Gasteiger partial charge < -0.3 is 24.9 Å². The number of carbonyl (C=O) groups excluding carboxylic acids is 1. The van der Waals surface area contributed by atoms with Crippen LogP contribution in [0.3, 0.4) is 0 Å². The molecule has 154 valence electrons. The Morgan fingerprint density at radius 2 is 2.11 bits per heavy atom. The van der Waals surface area contributed by atoms with E-state index in [2.05, 4.69) is 6.92 Å². The Balaban J connectivity index is 0.00000392. The van der Waals surface area contributed by atoms with Gasteiger partial charge in [-0.25, -0.2) is 0 Å². The normalized spacial score (nSPS) is 30.8. The molecule has 1 saturated carbocycles. The third kappa shape index (κ3) is 6.52. The van der Waals surface area contributed by atoms with E-state index in [0.29, 0.717) is 6.42 Å². The van der Waals surface area contributed by atoms with Gasteiger partial charge in [-0.15, -0.1) is 0 Å². The number of allylic oxidation sites excluding steroid dienone is 2. The molecule has 0 radical (unpaired) electrons. The molecular formula is C20H29F2NaO5. The number of unbranched alkanes of at least 4 members (excludes halogenated alkanes) is 3. The molecule has 1 heterocycles. The average molecular weight is 410 g/mol. The van der Waals surface area contributed by atoms with E-state index < -0.39 is 47.8 Å². The van der Waals surface area contributed by atoms with Crippen molar-refractivity contribution < 1.29 is 63.2 Å². The van der Waals surface area contributed by atoms with Crippen LogP contribution < -0.4 is 34.7 Å². The topological polar surface area (TPSA) is 89.8 Å². The monoisotopic (exact) mass is 410 g/mol. The second kappa shape index (κ2) is 11.6. The molecule has 2 fully saturated rings. The van der Waals surface area contributed by atoms with Crippen molar-refractivity contribution >= 4 is 5.97 Å². The number of aliphatic hydroxyl groups is 2. The third-order valence-corrected chi connectivity index (χ3v) is 5.33. The fourth-order valence-electron chi connectivity index (χ4n) is 3.90. The van der Waals surface area contributed by atoms with Gasteiger partial charge >= 0.3 is 35.5 Å². The maximum atomic E-state index is 14.8. The van der Waals surface area contributed by atoms with Gasteiger partial charge in [0, 0.05) is 18.3 Å². The standard InChI is InChI=1S/C20H30F2O5.Na/c1-2-3-4-7-13(23)10-11-14-15(24)12-16-19(14)20(21,22)17(27-16)8-5-6-9-18(25)26;/h8,10-11,13-16,19,23-24H,2-7,9,12H2,1H3,(H,25,26);/q;+1/p-1/t13-,14-,15+,16-,19+;/m0./s1. The molecule has 0 amide bonds. The minimum absolute atomic E-state index is 0. The first-order chi connectivity index (χ1) is 12.8. The summed E-state index contributed by atoms with van der Waals surface area (Å²) < 4.78 is 35.0. The van der Waals surface area contributed by atoms with Crippen LogP contribution in [0.4, 0.5) is 8.78 Å². The average Bonchev–Trinajstić information content (AvgIpc) is 3.03. The predicted molar refractivity (Wildman–Crippen MR) is 93.7 cm³/mol. The fraction of sp³-hybridized carbons (Fsp3) is 0.750. The van der Waals surface area contributed by atoms with Crippen LogP contribution in [-0.4, -0.2) is 40.4 Å². The SMILES string of the molecule is CCCCC[C@H](O)C=C[C@@H]1[C@@H]2[C@H](C[C@H]1O)OC(=CCCCC(=O)[O-])C2(F)F.[Na+]. The largest absolute Gasteiger partial charge is 1.00 e. The van der Waals surface area contributed by atoms with Gasteiger partial charge in [0.1, 0.15) is 6.10 Å². The van der Waals surface area contributed by atoms with Crippen LogP contribution in [0.2, 0.25) is 0 Å². The number of fused-ring (bicyclic) bond motifs is 1. The molecule has 28 heavy (non-hydrogen) atoms. The fourth-order valence-corrected chi connectivity index (χ4v) is 3.90. The number of alkyl halides is 2. The summed E-state index contributed by atoms with van der Waals surface area (Å²) in [4.78, 5) is 10.4. The summed E-state index contributed by atoms with van der Waals surface area (Å²) in [5.74, 6) is -6.86. The van der Waals surface area contributed by atoms with Crippen LogP contribution in [0.1, 0.15) is 58.3 Å². The van der Waals surface area contributed by atoms with Gasteiger partial charge in [-0.2, -0.15) is 8.78 Å². The Kier molecular flexibility index (Phi) is 10.6. The molecule has 0 aromatic heterocycles. The molecule has 1 aliphatic carbocycles. The third-order valence-electron chi connectivity index (χ3n) is 5.33. The van der Waals surface area contributed by atoms with Gasteiger partial charge in [-0.3, -0.25) is 0 Å². The van der Waals surface area contributed by atoms with E-state index in [0.717, 1.165) is 19.3 Å². The smallest absolute Gasteiger partial charge is 0.550 e. The quantitative estimate of drug-likeness (QED) is 0.283. The van der Waals surface area contributed by atoms with Gasteiger partial charge in [-0.1, -0.05) is 38.3 Å². The summed E-state index contributed by atoms with van der Waals surface area (Å²) in [5.41, 5.74) is 0. The van der Waals surface area contributed by atoms with E-state index in [1.54, 1.807) is 0 Å². The molecule has 5 nitrogen and oxygen atoms in total. The van der Waals surface area contributed by atoms with Crippen LogP contribution in [0.15, 0.2) is 24.0 Å². The van der Waals surface area contributed by atoms with Gasteiger partial charge in [0.05, 0.1) is 18.1 Å². The molecule has 1 aliphatic heterocycles. The van der Waals surface area contributed by atoms with E-state index in [1.807, 2.05) is 0 Å². The van der Waals surface area contributed by atoms with Gasteiger partial charge in [-0.05, 0) is 31.8 Å². The van der Waals surface area contributed by atoms with E-state index >= 15 is 0 Å². The Bertz CT molecular complexity index is 567. The first-order valence-corrected chi connectivity index (χ1v) is 9.76. The molecule has 2 N–H and O–H groups in total. The molecule has 5 atom stereocenters. The maximum Gasteiger partial charge on any atom is 1.00 e. The van der Waals surface area contributed by atoms with Crippen molar-refractivity contribution in [2.45, 2.75) is 82.5 Å². The number of ether oxygens (including phenoxy) is 1. The number of hydrogen-bond donors (Lipinski definition) is 2. The molecule has 8 heteroatoms. The van der Waals surface area contributed by atoms with Gasteiger partial charge in [0.15, 0.2) is 5.76 Å². The van der Waals surface area contributed by atoms with Gasteiger partial charge in [0.25, 0.3) is 0 Å². The number of halogens is 2. The molecule has 0 bridgehead atoms. The Hall–Kier alpha value is -0.470. The number of aliphatic carboxylic acids is 1. The van der Waals surface area contributed by atoms with Gasteiger partial charge in [0.2, 0.25) is 0 Å². The Labute approximate surface area is 187 Å². The first kappa shape index (κ1) is 25.6. The van der Waals surface area contributed by atoms with E-state index in [1.165, 1.54) is 18.2 Å². The second-order valence-electron chi connectivity index (χ2n) is 7.47. The van der Waals surface area contributed by atoms with Crippen LogP contribution in [0.5, 0.6) is 0 Å². The van der Waals surface area contributed by atoms with Crippen molar-refractivity contribution in [1.82, 2.24) is 0 Å². The zero-order chi connectivity index (χ0) is 20.0. The zero-order valence-electron chi connectivity index (χ0n) is 16.7. The van der Waals surface area contributed by atoms with Crippen molar-refractivity contribution in [2.75, 3.05) is 0 Å². The van der Waals surface area contributed by atoms with Crippen molar-refractivity contribution in [3.05, 3.63) is 24.0 Å². The van der Waals surface area contributed by atoms with Crippen LogP contribution in [0, 0.1) is 11.8 Å². The summed E-state index contributed by atoms with van der Waals surface area (Å²) >= 11 is 0. The molecule has 1 saturated heterocycles. The van der Waals surface area contributed by atoms with Crippen LogP contribution >= 0.6 is 0 Å². The van der Waals surface area contributed by atoms with Crippen molar-refractivity contribution in [3.63, 3.8) is 0 Å². The second-order valence-corrected chi connectivity index (χ2v) is 7.47. The number of carbonyl (C=O) groups is 1. The Morgan fingerprint density at radius 3 is 2.75 bits per heavy atom. The molecule has 2 rings (SSSR count). The van der Waals surface area contributed by atoms with Crippen LogP contribution in [-0.2, 0) is 9.53 Å². The molecule has 2 aliphatic rings. The molecule has 0 spiro atoms. The number of rotatable bonds is 10. The number of carboxylic acid groups (broad SMARTS) is 1. The van der Waals surface area contributed by atoms with E-state index in [-0.39, 0.29) is 55.2 Å². The molecule has 0 unspecified atom stereocenters.